The third-order valence-corrected chi connectivity index (χ3v) is 1.79. The number of hydrogen-bond acceptors (Lipinski definition) is 1. The van der Waals surface area contributed by atoms with Crippen LogP contribution in [-0.2, 0) is 4.79 Å². The van der Waals surface area contributed by atoms with Gasteiger partial charge >= 0.3 is 0 Å². The van der Waals surface area contributed by atoms with Crippen molar-refractivity contribution < 1.29 is 13.6 Å². The van der Waals surface area contributed by atoms with Crippen LogP contribution >= 0.6 is 0 Å². The molecule has 0 aliphatic carbocycles. The molecule has 0 unspecified atom stereocenters. The van der Waals surface area contributed by atoms with Gasteiger partial charge in [0, 0.05) is 5.56 Å². The Morgan fingerprint density at radius 1 is 0.875 bits per heavy atom. The molecule has 0 bridgehead atoms. The summed E-state index contributed by atoms with van der Waals surface area (Å²) in [6.07, 6.45) is 9.47. The first-order valence-corrected chi connectivity index (χ1v) is 4.65. The molecular weight excluding hydrogens is 210 g/mol. The Labute approximate surface area is 92.4 Å². The second-order valence-electron chi connectivity index (χ2n) is 2.90. The van der Waals surface area contributed by atoms with Crippen LogP contribution in [0.15, 0.2) is 48.6 Å². The van der Waals surface area contributed by atoms with Gasteiger partial charge in [-0.25, -0.2) is 8.78 Å². The Balaban J connectivity index is 2.73. The molecule has 0 heterocycles. The minimum absolute atomic E-state index is 0.0773. The molecule has 0 saturated carbocycles. The molecule has 1 aromatic carbocycles. The Morgan fingerprint density at radius 2 is 1.44 bits per heavy atom. The van der Waals surface area contributed by atoms with Crippen molar-refractivity contribution in [2.75, 3.05) is 0 Å². The van der Waals surface area contributed by atoms with Gasteiger partial charge in [0.05, 0.1) is 0 Å². The van der Waals surface area contributed by atoms with Crippen molar-refractivity contribution in [1.29, 1.82) is 0 Å². The van der Waals surface area contributed by atoms with Crippen LogP contribution in [0.3, 0.4) is 0 Å². The normalized spacial score (nSPS) is 11.9. The van der Waals surface area contributed by atoms with Crippen molar-refractivity contribution >= 4 is 12.4 Å². The SMILES string of the molecule is O=C/C=C/C=C/C=C/c1c(F)cccc1F. The molecule has 1 rings (SSSR count). The molecule has 0 aromatic heterocycles. The van der Waals surface area contributed by atoms with Gasteiger partial charge in [-0.15, -0.1) is 0 Å². The average molecular weight is 220 g/mol. The number of carbonyl (C=O) groups is 1. The molecule has 82 valence electrons. The maximum absolute atomic E-state index is 13.1. The van der Waals surface area contributed by atoms with E-state index in [9.17, 15) is 13.6 Å². The van der Waals surface area contributed by atoms with E-state index >= 15 is 0 Å². The first-order valence-electron chi connectivity index (χ1n) is 4.65. The number of benzene rings is 1. The van der Waals surface area contributed by atoms with Gasteiger partial charge < -0.3 is 0 Å². The highest BCUT2D eigenvalue weighted by Crippen LogP contribution is 2.13. The van der Waals surface area contributed by atoms with E-state index in [0.29, 0.717) is 6.29 Å². The van der Waals surface area contributed by atoms with Crippen LogP contribution < -0.4 is 0 Å². The quantitative estimate of drug-likeness (QED) is 0.432. The van der Waals surface area contributed by atoms with Crippen LogP contribution in [0.4, 0.5) is 8.78 Å². The zero-order valence-corrected chi connectivity index (χ0v) is 8.44. The number of hydrogen-bond donors (Lipinski definition) is 0. The van der Waals surface area contributed by atoms with E-state index in [1.165, 1.54) is 42.5 Å². The summed E-state index contributed by atoms with van der Waals surface area (Å²) in [5.74, 6) is -1.21. The van der Waals surface area contributed by atoms with Crippen LogP contribution in [0, 0.1) is 11.6 Å². The van der Waals surface area contributed by atoms with Crippen LogP contribution in [0.1, 0.15) is 5.56 Å². The number of carbonyl (C=O) groups excluding carboxylic acids is 1. The van der Waals surface area contributed by atoms with Crippen LogP contribution in [0.5, 0.6) is 0 Å². The lowest BCUT2D eigenvalue weighted by Crippen LogP contribution is -1.86. The van der Waals surface area contributed by atoms with Crippen molar-refractivity contribution in [2.45, 2.75) is 0 Å². The molecule has 0 aliphatic heterocycles. The molecule has 3 heteroatoms. The van der Waals surface area contributed by atoms with Gasteiger partial charge in [0.1, 0.15) is 17.9 Å². The van der Waals surface area contributed by atoms with Crippen molar-refractivity contribution in [3.63, 3.8) is 0 Å². The van der Waals surface area contributed by atoms with Gasteiger partial charge in [-0.1, -0.05) is 30.4 Å². The van der Waals surface area contributed by atoms with E-state index in [0.717, 1.165) is 0 Å². The molecule has 0 radical (unpaired) electrons. The topological polar surface area (TPSA) is 17.1 Å². The molecule has 1 aromatic rings. The summed E-state index contributed by atoms with van der Waals surface area (Å²) >= 11 is 0. The summed E-state index contributed by atoms with van der Waals surface area (Å²) in [6, 6.07) is 3.70. The molecule has 0 fully saturated rings. The lowest BCUT2D eigenvalue weighted by molar-refractivity contribution is -0.104. The monoisotopic (exact) mass is 220 g/mol. The molecule has 0 N–H and O–H groups in total. The third-order valence-electron chi connectivity index (χ3n) is 1.79. The van der Waals surface area contributed by atoms with Crippen molar-refractivity contribution in [3.8, 4) is 0 Å². The van der Waals surface area contributed by atoms with Crippen molar-refractivity contribution in [3.05, 3.63) is 65.8 Å². The molecule has 0 saturated heterocycles. The van der Waals surface area contributed by atoms with Crippen LogP contribution in [0.25, 0.3) is 6.08 Å². The summed E-state index contributed by atoms with van der Waals surface area (Å²) in [4.78, 5) is 9.91. The molecule has 1 nitrogen and oxygen atoms in total. The highest BCUT2D eigenvalue weighted by Gasteiger charge is 2.02. The number of aldehydes is 1. The maximum atomic E-state index is 13.1. The first kappa shape index (κ1) is 12.0. The van der Waals surface area contributed by atoms with Gasteiger partial charge in [-0.2, -0.15) is 0 Å². The number of rotatable bonds is 4. The summed E-state index contributed by atoms with van der Waals surface area (Å²) in [5, 5.41) is 0. The van der Waals surface area contributed by atoms with E-state index in [4.69, 9.17) is 0 Å². The summed E-state index contributed by atoms with van der Waals surface area (Å²) < 4.78 is 26.2. The van der Waals surface area contributed by atoms with Crippen LogP contribution in [0.2, 0.25) is 0 Å². The maximum Gasteiger partial charge on any atom is 0.142 e. The number of allylic oxidation sites excluding steroid dienone is 5. The molecule has 0 atom stereocenters. The summed E-state index contributed by atoms with van der Waals surface area (Å²) in [6.45, 7) is 0. The van der Waals surface area contributed by atoms with E-state index in [-0.39, 0.29) is 5.56 Å². The van der Waals surface area contributed by atoms with Gasteiger partial charge in [-0.05, 0) is 24.3 Å². The summed E-state index contributed by atoms with van der Waals surface area (Å²) in [7, 11) is 0. The Hall–Kier alpha value is -2.03. The van der Waals surface area contributed by atoms with Gasteiger partial charge in [0.2, 0.25) is 0 Å². The fourth-order valence-corrected chi connectivity index (χ4v) is 1.06. The van der Waals surface area contributed by atoms with E-state index in [1.807, 2.05) is 0 Å². The highest BCUT2D eigenvalue weighted by atomic mass is 19.1. The van der Waals surface area contributed by atoms with E-state index in [2.05, 4.69) is 0 Å². The Bertz CT molecular complexity index is 425. The van der Waals surface area contributed by atoms with Gasteiger partial charge in [0.15, 0.2) is 0 Å². The minimum Gasteiger partial charge on any atom is -0.299 e. The predicted molar refractivity (Wildman–Crippen MR) is 59.7 cm³/mol. The van der Waals surface area contributed by atoms with Crippen molar-refractivity contribution in [1.82, 2.24) is 0 Å². The van der Waals surface area contributed by atoms with Crippen LogP contribution in [-0.4, -0.2) is 6.29 Å². The molecule has 0 spiro atoms. The fourth-order valence-electron chi connectivity index (χ4n) is 1.06. The van der Waals surface area contributed by atoms with E-state index < -0.39 is 11.6 Å². The third kappa shape index (κ3) is 3.61. The Kier molecular flexibility index (Phi) is 4.86. The standard InChI is InChI=1S/C13H10F2O/c14-12-8-6-9-13(15)11(12)7-4-2-1-3-5-10-16/h1-10H/b2-1+,5-3+,7-4+. The molecule has 0 amide bonds. The zero-order valence-electron chi connectivity index (χ0n) is 8.44. The largest absolute Gasteiger partial charge is 0.299 e. The smallest absolute Gasteiger partial charge is 0.142 e. The lowest BCUT2D eigenvalue weighted by Gasteiger charge is -1.96. The fraction of sp³-hybridized carbons (Fsp3) is 0. The molecule has 16 heavy (non-hydrogen) atoms. The van der Waals surface area contributed by atoms with Gasteiger partial charge in [0.25, 0.3) is 0 Å². The van der Waals surface area contributed by atoms with Gasteiger partial charge in [-0.3, -0.25) is 4.79 Å². The zero-order chi connectivity index (χ0) is 11.8. The minimum atomic E-state index is -0.604. The first-order chi connectivity index (χ1) is 7.75. The summed E-state index contributed by atoms with van der Waals surface area (Å²) in [5.41, 5.74) is -0.0773. The van der Waals surface area contributed by atoms with E-state index in [1.54, 1.807) is 12.2 Å². The lowest BCUT2D eigenvalue weighted by atomic mass is 10.2. The number of halogens is 2. The average Bonchev–Trinajstić information content (AvgIpc) is 2.26. The highest BCUT2D eigenvalue weighted by molar-refractivity contribution is 5.65. The molecule has 0 aliphatic rings. The predicted octanol–water partition coefficient (Wildman–Crippen LogP) is 3.29. The second-order valence-corrected chi connectivity index (χ2v) is 2.90. The molecular formula is C13H10F2O. The Morgan fingerprint density at radius 3 is 2.06 bits per heavy atom. The van der Waals surface area contributed by atoms with Crippen molar-refractivity contribution in [2.24, 2.45) is 0 Å². The second kappa shape index (κ2) is 6.45.